The Morgan fingerprint density at radius 1 is 1.04 bits per heavy atom. The van der Waals surface area contributed by atoms with Gasteiger partial charge in [0, 0.05) is 11.8 Å². The maximum absolute atomic E-state index is 11.3. The summed E-state index contributed by atoms with van der Waals surface area (Å²) in [4.78, 5) is 11.3. The molecule has 0 atom stereocenters. The molecule has 6 heteroatoms. The number of hydrogen-bond donors (Lipinski definition) is 1. The lowest BCUT2D eigenvalue weighted by Crippen LogP contribution is -1.97. The number of rotatable bonds is 3. The molecule has 0 saturated heterocycles. The van der Waals surface area contributed by atoms with E-state index >= 15 is 0 Å². The Morgan fingerprint density at radius 3 is 2.62 bits per heavy atom. The summed E-state index contributed by atoms with van der Waals surface area (Å²) in [6.07, 6.45) is 1.87. The summed E-state index contributed by atoms with van der Waals surface area (Å²) in [6.45, 7) is 1.95. The van der Waals surface area contributed by atoms with Crippen molar-refractivity contribution in [3.63, 3.8) is 0 Å². The average Bonchev–Trinajstić information content (AvgIpc) is 3.05. The van der Waals surface area contributed by atoms with E-state index in [-0.39, 0.29) is 5.56 Å². The van der Waals surface area contributed by atoms with Crippen LogP contribution in [0.15, 0.2) is 60.8 Å². The van der Waals surface area contributed by atoms with Crippen LogP contribution >= 0.6 is 11.6 Å². The molecule has 26 heavy (non-hydrogen) atoms. The van der Waals surface area contributed by atoms with Crippen molar-refractivity contribution in [1.82, 2.24) is 14.6 Å². The Morgan fingerprint density at radius 2 is 1.85 bits per heavy atom. The van der Waals surface area contributed by atoms with Crippen LogP contribution < -0.4 is 0 Å². The van der Waals surface area contributed by atoms with Crippen molar-refractivity contribution in [3.05, 3.63) is 76.9 Å². The Bertz CT molecular complexity index is 1150. The molecule has 0 fully saturated rings. The molecule has 4 aromatic rings. The number of fused-ring (bicyclic) bond motifs is 1. The van der Waals surface area contributed by atoms with Crippen LogP contribution in [0.4, 0.5) is 0 Å². The number of carboxylic acids is 1. The van der Waals surface area contributed by atoms with Crippen molar-refractivity contribution in [2.24, 2.45) is 0 Å². The second-order valence-corrected chi connectivity index (χ2v) is 6.39. The highest BCUT2D eigenvalue weighted by molar-refractivity contribution is 6.33. The van der Waals surface area contributed by atoms with Crippen LogP contribution in [0.3, 0.4) is 0 Å². The first-order valence-electron chi connectivity index (χ1n) is 7.98. The first-order valence-corrected chi connectivity index (χ1v) is 8.36. The number of aromatic nitrogens is 3. The molecule has 1 N–H and O–H groups in total. The van der Waals surface area contributed by atoms with Gasteiger partial charge >= 0.3 is 5.97 Å². The average molecular weight is 364 g/mol. The molecular formula is C20H14ClN3O2. The largest absolute Gasteiger partial charge is 0.478 e. The first-order chi connectivity index (χ1) is 12.5. The summed E-state index contributed by atoms with van der Waals surface area (Å²) in [7, 11) is 0. The number of carbonyl (C=O) groups is 1. The Kier molecular flexibility index (Phi) is 3.93. The van der Waals surface area contributed by atoms with Gasteiger partial charge in [-0.05, 0) is 60.0 Å². The fourth-order valence-corrected chi connectivity index (χ4v) is 3.17. The predicted octanol–water partition coefficient (Wildman–Crippen LogP) is 4.72. The highest BCUT2D eigenvalue weighted by Gasteiger charge is 2.13. The van der Waals surface area contributed by atoms with Crippen LogP contribution in [0.5, 0.6) is 0 Å². The summed E-state index contributed by atoms with van der Waals surface area (Å²) in [5, 5.41) is 18.4. The van der Waals surface area contributed by atoms with E-state index in [1.807, 2.05) is 60.0 Å². The number of carboxylic acid groups (broad SMARTS) is 1. The smallest absolute Gasteiger partial charge is 0.335 e. The molecule has 0 saturated carbocycles. The normalized spacial score (nSPS) is 11.0. The van der Waals surface area contributed by atoms with Crippen LogP contribution in [0, 0.1) is 6.92 Å². The molecular weight excluding hydrogens is 350 g/mol. The molecule has 0 spiro atoms. The molecule has 5 nitrogen and oxygen atoms in total. The minimum absolute atomic E-state index is 0.253. The fraction of sp³-hybridized carbons (Fsp3) is 0.0500. The topological polar surface area (TPSA) is 67.5 Å². The molecule has 0 bridgehead atoms. The third-order valence-corrected chi connectivity index (χ3v) is 4.65. The maximum Gasteiger partial charge on any atom is 0.335 e. The summed E-state index contributed by atoms with van der Waals surface area (Å²) in [6, 6.07) is 16.4. The van der Waals surface area contributed by atoms with Gasteiger partial charge in [-0.2, -0.15) is 0 Å². The molecule has 0 amide bonds. The van der Waals surface area contributed by atoms with E-state index in [4.69, 9.17) is 11.6 Å². The van der Waals surface area contributed by atoms with Crippen molar-refractivity contribution in [3.8, 4) is 22.5 Å². The van der Waals surface area contributed by atoms with Crippen molar-refractivity contribution in [2.75, 3.05) is 0 Å². The molecule has 4 rings (SSSR count). The number of pyridine rings is 1. The van der Waals surface area contributed by atoms with Crippen LogP contribution in [-0.4, -0.2) is 25.7 Å². The third-order valence-electron chi connectivity index (χ3n) is 4.32. The van der Waals surface area contributed by atoms with Gasteiger partial charge in [-0.3, -0.25) is 4.40 Å². The summed E-state index contributed by atoms with van der Waals surface area (Å²) in [5.74, 6) is -0.288. The van der Waals surface area contributed by atoms with Crippen LogP contribution in [0.2, 0.25) is 5.02 Å². The minimum Gasteiger partial charge on any atom is -0.478 e. The molecule has 2 aromatic carbocycles. The van der Waals surface area contributed by atoms with Gasteiger partial charge in [0.25, 0.3) is 0 Å². The lowest BCUT2D eigenvalue weighted by Gasteiger charge is -2.08. The Balaban J connectivity index is 1.85. The number of halogens is 1. The van der Waals surface area contributed by atoms with Gasteiger partial charge in [-0.1, -0.05) is 29.8 Å². The molecule has 2 heterocycles. The van der Waals surface area contributed by atoms with E-state index in [0.29, 0.717) is 16.5 Å². The van der Waals surface area contributed by atoms with Crippen LogP contribution in [0.1, 0.15) is 15.9 Å². The zero-order chi connectivity index (χ0) is 18.3. The lowest BCUT2D eigenvalue weighted by molar-refractivity contribution is 0.0697. The van der Waals surface area contributed by atoms with Crippen molar-refractivity contribution in [2.45, 2.75) is 6.92 Å². The molecule has 0 radical (unpaired) electrons. The van der Waals surface area contributed by atoms with Crippen LogP contribution in [0.25, 0.3) is 28.2 Å². The van der Waals surface area contributed by atoms with E-state index in [1.54, 1.807) is 12.1 Å². The Hall–Kier alpha value is -3.18. The number of benzene rings is 2. The number of aromatic carboxylic acids is 1. The predicted molar refractivity (Wildman–Crippen MR) is 101 cm³/mol. The zero-order valence-electron chi connectivity index (χ0n) is 13.8. The van der Waals surface area contributed by atoms with Crippen molar-refractivity contribution in [1.29, 1.82) is 0 Å². The molecule has 2 aromatic heterocycles. The first kappa shape index (κ1) is 16.3. The lowest BCUT2D eigenvalue weighted by atomic mass is 9.99. The minimum atomic E-state index is -0.948. The van der Waals surface area contributed by atoms with E-state index < -0.39 is 5.97 Å². The van der Waals surface area contributed by atoms with Gasteiger partial charge in [0.1, 0.15) is 0 Å². The van der Waals surface area contributed by atoms with Gasteiger partial charge < -0.3 is 5.11 Å². The van der Waals surface area contributed by atoms with Gasteiger partial charge in [0.05, 0.1) is 10.6 Å². The summed E-state index contributed by atoms with van der Waals surface area (Å²) >= 11 is 6.27. The number of hydrogen-bond acceptors (Lipinski definition) is 3. The molecule has 0 aliphatic heterocycles. The molecule has 0 unspecified atom stereocenters. The second-order valence-electron chi connectivity index (χ2n) is 5.98. The molecule has 0 aliphatic carbocycles. The standard InChI is InChI=1S/C20H14ClN3O2/c1-12-6-7-14(20(25)26)10-16(12)13-8-9-24-18(11-13)22-23-19(24)15-4-2-3-5-17(15)21/h2-11H,1H3,(H,25,26). The highest BCUT2D eigenvalue weighted by Crippen LogP contribution is 2.29. The highest BCUT2D eigenvalue weighted by atomic mass is 35.5. The second kappa shape index (κ2) is 6.28. The van der Waals surface area contributed by atoms with Gasteiger partial charge in [-0.15, -0.1) is 10.2 Å². The van der Waals surface area contributed by atoms with Gasteiger partial charge in [0.15, 0.2) is 11.5 Å². The quantitative estimate of drug-likeness (QED) is 0.571. The van der Waals surface area contributed by atoms with E-state index in [9.17, 15) is 9.90 Å². The number of aryl methyl sites for hydroxylation is 1. The summed E-state index contributed by atoms with van der Waals surface area (Å²) < 4.78 is 1.86. The van der Waals surface area contributed by atoms with Gasteiger partial charge in [-0.25, -0.2) is 4.79 Å². The van der Waals surface area contributed by atoms with Crippen molar-refractivity contribution >= 4 is 23.2 Å². The van der Waals surface area contributed by atoms with E-state index in [0.717, 1.165) is 22.3 Å². The van der Waals surface area contributed by atoms with Crippen molar-refractivity contribution < 1.29 is 9.90 Å². The van der Waals surface area contributed by atoms with E-state index in [2.05, 4.69) is 10.2 Å². The molecule has 0 aliphatic rings. The Labute approximate surface area is 154 Å². The number of nitrogens with zero attached hydrogens (tertiary/aromatic N) is 3. The fourth-order valence-electron chi connectivity index (χ4n) is 2.95. The van der Waals surface area contributed by atoms with E-state index in [1.165, 1.54) is 0 Å². The SMILES string of the molecule is Cc1ccc(C(=O)O)cc1-c1ccn2c(-c3ccccc3Cl)nnc2c1. The maximum atomic E-state index is 11.3. The summed E-state index contributed by atoms with van der Waals surface area (Å²) in [5.41, 5.74) is 4.45. The zero-order valence-corrected chi connectivity index (χ0v) is 14.6. The molecule has 128 valence electrons. The third kappa shape index (κ3) is 2.72. The monoisotopic (exact) mass is 363 g/mol. The van der Waals surface area contributed by atoms with Crippen LogP contribution in [-0.2, 0) is 0 Å². The van der Waals surface area contributed by atoms with Gasteiger partial charge in [0.2, 0.25) is 0 Å².